The Hall–Kier alpha value is -1.63. The second kappa shape index (κ2) is 4.56. The summed E-state index contributed by atoms with van der Waals surface area (Å²) in [5, 5.41) is 9.15. The van der Waals surface area contributed by atoms with Gasteiger partial charge in [-0.05, 0) is 26.0 Å². The Balaban J connectivity index is 3.40. The van der Waals surface area contributed by atoms with E-state index in [1.807, 2.05) is 0 Å². The number of carboxylic acid groups (broad SMARTS) is 1. The third-order valence-electron chi connectivity index (χ3n) is 2.83. The van der Waals surface area contributed by atoms with Crippen LogP contribution < -0.4 is 4.90 Å². The largest absolute Gasteiger partial charge is 0.480 e. The molecule has 1 heterocycles. The number of pyridine rings is 1. The summed E-state index contributed by atoms with van der Waals surface area (Å²) in [6.45, 7) is 2.96. The molecule has 6 nitrogen and oxygen atoms in total. The van der Waals surface area contributed by atoms with Crippen LogP contribution in [0.5, 0.6) is 0 Å². The van der Waals surface area contributed by atoms with E-state index in [4.69, 9.17) is 5.11 Å². The highest BCUT2D eigenvalue weighted by Crippen LogP contribution is 2.26. The molecule has 0 aliphatic carbocycles. The smallest absolute Gasteiger partial charge is 0.328 e. The summed E-state index contributed by atoms with van der Waals surface area (Å²) in [6.07, 6.45) is 2.49. The van der Waals surface area contributed by atoms with Gasteiger partial charge in [0.1, 0.15) is 16.3 Å². The summed E-state index contributed by atoms with van der Waals surface area (Å²) in [4.78, 5) is 16.5. The maximum Gasteiger partial charge on any atom is 0.328 e. The zero-order chi connectivity index (χ0) is 14.1. The summed E-state index contributed by atoms with van der Waals surface area (Å²) in [5.41, 5.74) is -1.26. The number of rotatable bonds is 4. The van der Waals surface area contributed by atoms with Crippen molar-refractivity contribution in [3.8, 4) is 0 Å². The highest BCUT2D eigenvalue weighted by atomic mass is 32.2. The number of aliphatic carboxylic acids is 1. The molecule has 0 saturated heterocycles. The first-order valence-corrected chi connectivity index (χ1v) is 7.10. The predicted molar refractivity (Wildman–Crippen MR) is 67.5 cm³/mol. The molecule has 0 unspecified atom stereocenters. The van der Waals surface area contributed by atoms with Gasteiger partial charge in [0, 0.05) is 19.5 Å². The fourth-order valence-electron chi connectivity index (χ4n) is 1.33. The van der Waals surface area contributed by atoms with Gasteiger partial charge < -0.3 is 10.0 Å². The first-order chi connectivity index (χ1) is 8.08. The summed E-state index contributed by atoms with van der Waals surface area (Å²) >= 11 is 0. The summed E-state index contributed by atoms with van der Waals surface area (Å²) in [7, 11) is -1.96. The van der Waals surface area contributed by atoms with E-state index in [-0.39, 0.29) is 10.7 Å². The van der Waals surface area contributed by atoms with Crippen molar-refractivity contribution in [1.29, 1.82) is 0 Å². The van der Waals surface area contributed by atoms with Crippen LogP contribution in [0.1, 0.15) is 13.8 Å². The Morgan fingerprint density at radius 3 is 2.44 bits per heavy atom. The van der Waals surface area contributed by atoms with Crippen LogP contribution in [0.2, 0.25) is 0 Å². The minimum absolute atomic E-state index is 0.0156. The van der Waals surface area contributed by atoms with Crippen molar-refractivity contribution in [1.82, 2.24) is 4.98 Å². The van der Waals surface area contributed by atoms with Crippen LogP contribution in [0.4, 0.5) is 5.82 Å². The molecular weight excluding hydrogens is 256 g/mol. The highest BCUT2D eigenvalue weighted by molar-refractivity contribution is 7.90. The van der Waals surface area contributed by atoms with Gasteiger partial charge in [-0.2, -0.15) is 0 Å². The average molecular weight is 272 g/mol. The lowest BCUT2D eigenvalue weighted by molar-refractivity contribution is -0.142. The van der Waals surface area contributed by atoms with E-state index in [2.05, 4.69) is 4.98 Å². The van der Waals surface area contributed by atoms with Gasteiger partial charge in [0.2, 0.25) is 0 Å². The van der Waals surface area contributed by atoms with Crippen LogP contribution >= 0.6 is 0 Å². The van der Waals surface area contributed by atoms with Crippen LogP contribution in [0.3, 0.4) is 0 Å². The van der Waals surface area contributed by atoms with E-state index in [0.29, 0.717) is 0 Å². The number of sulfone groups is 1. The van der Waals surface area contributed by atoms with Gasteiger partial charge in [-0.15, -0.1) is 0 Å². The number of aromatic nitrogens is 1. The van der Waals surface area contributed by atoms with Gasteiger partial charge >= 0.3 is 5.97 Å². The first-order valence-electron chi connectivity index (χ1n) is 5.21. The van der Waals surface area contributed by atoms with Crippen molar-refractivity contribution in [3.63, 3.8) is 0 Å². The van der Waals surface area contributed by atoms with Crippen molar-refractivity contribution < 1.29 is 18.3 Å². The zero-order valence-corrected chi connectivity index (χ0v) is 11.5. The molecule has 0 amide bonds. The number of hydrogen-bond donors (Lipinski definition) is 1. The molecule has 1 aromatic rings. The Morgan fingerprint density at radius 1 is 1.44 bits per heavy atom. The second-order valence-electron chi connectivity index (χ2n) is 4.52. The lowest BCUT2D eigenvalue weighted by Crippen LogP contribution is -2.48. The summed E-state index contributed by atoms with van der Waals surface area (Å²) in [6, 6.07) is 2.91. The quantitative estimate of drug-likeness (QED) is 0.871. The number of likely N-dealkylation sites (N-methyl/N-ethyl adjacent to an activating group) is 1. The Morgan fingerprint density at radius 2 is 2.00 bits per heavy atom. The topological polar surface area (TPSA) is 87.6 Å². The molecule has 0 saturated carbocycles. The van der Waals surface area contributed by atoms with Crippen LogP contribution in [0.15, 0.2) is 23.2 Å². The third-order valence-corrected chi connectivity index (χ3v) is 3.95. The van der Waals surface area contributed by atoms with E-state index in [9.17, 15) is 13.2 Å². The van der Waals surface area contributed by atoms with Gasteiger partial charge in [-0.25, -0.2) is 18.2 Å². The Bertz CT molecular complexity index is 566. The molecule has 0 aliphatic rings. The maximum atomic E-state index is 11.6. The fourth-order valence-corrected chi connectivity index (χ4v) is 2.18. The van der Waals surface area contributed by atoms with Crippen LogP contribution in [-0.2, 0) is 14.6 Å². The molecule has 0 bridgehead atoms. The van der Waals surface area contributed by atoms with Gasteiger partial charge in [0.15, 0.2) is 9.84 Å². The Kier molecular flexibility index (Phi) is 3.66. The SMILES string of the molecule is CN(c1ncccc1S(C)(=O)=O)C(C)(C)C(=O)O. The van der Waals surface area contributed by atoms with E-state index >= 15 is 0 Å². The fraction of sp³-hybridized carbons (Fsp3) is 0.455. The predicted octanol–water partition coefficient (Wildman–Crippen LogP) is 0.784. The van der Waals surface area contributed by atoms with E-state index in [1.165, 1.54) is 44.1 Å². The van der Waals surface area contributed by atoms with Gasteiger partial charge in [0.25, 0.3) is 0 Å². The number of anilines is 1. The lowest BCUT2D eigenvalue weighted by Gasteiger charge is -2.33. The number of nitrogens with zero attached hydrogens (tertiary/aromatic N) is 2. The van der Waals surface area contributed by atoms with Crippen LogP contribution in [-0.4, -0.2) is 43.3 Å². The monoisotopic (exact) mass is 272 g/mol. The normalized spacial score (nSPS) is 12.2. The Labute approximate surface area is 106 Å². The molecule has 7 heteroatoms. The van der Waals surface area contributed by atoms with E-state index < -0.39 is 21.3 Å². The summed E-state index contributed by atoms with van der Waals surface area (Å²) in [5.74, 6) is -0.928. The standard InChI is InChI=1S/C11H16N2O4S/c1-11(2,10(14)15)13(3)9-8(18(4,16)17)6-5-7-12-9/h5-7H,1-4H3,(H,14,15). The average Bonchev–Trinajstić information content (AvgIpc) is 2.26. The van der Waals surface area contributed by atoms with Crippen molar-refractivity contribution >= 4 is 21.6 Å². The molecule has 18 heavy (non-hydrogen) atoms. The van der Waals surface area contributed by atoms with Gasteiger partial charge in [-0.1, -0.05) is 0 Å². The molecule has 1 aromatic heterocycles. The molecule has 100 valence electrons. The number of hydrogen-bond acceptors (Lipinski definition) is 5. The highest BCUT2D eigenvalue weighted by Gasteiger charge is 2.35. The van der Waals surface area contributed by atoms with Crippen LogP contribution in [0, 0.1) is 0 Å². The molecule has 0 aliphatic heterocycles. The van der Waals surface area contributed by atoms with Crippen LogP contribution in [0.25, 0.3) is 0 Å². The molecule has 1 N–H and O–H groups in total. The molecule has 0 atom stereocenters. The minimum Gasteiger partial charge on any atom is -0.480 e. The summed E-state index contributed by atoms with van der Waals surface area (Å²) < 4.78 is 23.3. The molecular formula is C11H16N2O4S. The van der Waals surface area contributed by atoms with Crippen molar-refractivity contribution in [2.75, 3.05) is 18.2 Å². The third kappa shape index (κ3) is 2.61. The number of carboxylic acids is 1. The van der Waals surface area contributed by atoms with Crippen molar-refractivity contribution in [2.24, 2.45) is 0 Å². The minimum atomic E-state index is -3.46. The van der Waals surface area contributed by atoms with Crippen molar-refractivity contribution in [2.45, 2.75) is 24.3 Å². The lowest BCUT2D eigenvalue weighted by atomic mass is 10.0. The molecule has 1 rings (SSSR count). The maximum absolute atomic E-state index is 11.6. The second-order valence-corrected chi connectivity index (χ2v) is 6.50. The first kappa shape index (κ1) is 14.4. The molecule has 0 aromatic carbocycles. The zero-order valence-electron chi connectivity index (χ0n) is 10.7. The molecule has 0 fully saturated rings. The van der Waals surface area contributed by atoms with Crippen molar-refractivity contribution in [3.05, 3.63) is 18.3 Å². The number of carbonyl (C=O) groups is 1. The van der Waals surface area contributed by atoms with E-state index in [1.54, 1.807) is 0 Å². The molecule has 0 spiro atoms. The molecule has 0 radical (unpaired) electrons. The van der Waals surface area contributed by atoms with E-state index in [0.717, 1.165) is 6.26 Å². The van der Waals surface area contributed by atoms with Gasteiger partial charge in [0.05, 0.1) is 0 Å². The van der Waals surface area contributed by atoms with Gasteiger partial charge in [-0.3, -0.25) is 0 Å².